The number of carbonyl (C=O) groups excluding carboxylic acids is 2. The third kappa shape index (κ3) is 3.40. The Bertz CT molecular complexity index is 618. The highest BCUT2D eigenvalue weighted by Crippen LogP contribution is 2.26. The zero-order valence-corrected chi connectivity index (χ0v) is 12.6. The lowest BCUT2D eigenvalue weighted by atomic mass is 10.1. The van der Waals surface area contributed by atoms with Gasteiger partial charge in [0.05, 0.1) is 13.0 Å². The molecule has 0 bridgehead atoms. The normalized spacial score (nSPS) is 10.6. The predicted octanol–water partition coefficient (Wildman–Crippen LogP) is 2.93. The first-order chi connectivity index (χ1) is 9.11. The van der Waals surface area contributed by atoms with Crippen molar-refractivity contribution in [2.75, 3.05) is 6.61 Å². The summed E-state index contributed by atoms with van der Waals surface area (Å²) in [4.78, 5) is 23.4. The lowest BCUT2D eigenvalue weighted by molar-refractivity contribution is -0.143. The maximum Gasteiger partial charge on any atom is 0.306 e. The minimum Gasteiger partial charge on any atom is -0.466 e. The summed E-state index contributed by atoms with van der Waals surface area (Å²) >= 11 is 1.55. The molecule has 2 rings (SSSR count). The number of rotatable bonds is 5. The minimum atomic E-state index is -0.317. The zero-order valence-electron chi connectivity index (χ0n) is 10.6. The van der Waals surface area contributed by atoms with Crippen LogP contribution in [-0.2, 0) is 9.53 Å². The molecular formula is C14H15O3PS. The molecule has 5 heteroatoms. The molecule has 0 N–H and O–H groups in total. The van der Waals surface area contributed by atoms with Gasteiger partial charge in [-0.05, 0) is 24.4 Å². The van der Waals surface area contributed by atoms with Crippen LogP contribution in [0.1, 0.15) is 30.1 Å². The Hall–Kier alpha value is -1.25. The molecule has 1 unspecified atom stereocenters. The molecule has 2 aromatic rings. The average Bonchev–Trinajstić information content (AvgIpc) is 2.79. The van der Waals surface area contributed by atoms with Gasteiger partial charge in [0.2, 0.25) is 0 Å². The van der Waals surface area contributed by atoms with E-state index in [4.69, 9.17) is 4.74 Å². The molecule has 1 heterocycles. The summed E-state index contributed by atoms with van der Waals surface area (Å²) in [5, 5.41) is 3.87. The Morgan fingerprint density at radius 1 is 1.32 bits per heavy atom. The summed E-state index contributed by atoms with van der Waals surface area (Å²) in [6.07, 6.45) is 0.344. The third-order valence-corrected chi connectivity index (χ3v) is 4.08. The second kappa shape index (κ2) is 6.27. The highest BCUT2D eigenvalue weighted by Gasteiger charge is 2.14. The molecule has 0 spiro atoms. The van der Waals surface area contributed by atoms with Crippen molar-refractivity contribution in [3.05, 3.63) is 29.1 Å². The molecule has 19 heavy (non-hydrogen) atoms. The van der Waals surface area contributed by atoms with Gasteiger partial charge in [-0.15, -0.1) is 20.6 Å². The van der Waals surface area contributed by atoms with Gasteiger partial charge < -0.3 is 4.74 Å². The molecule has 0 aliphatic heterocycles. The van der Waals surface area contributed by atoms with Gasteiger partial charge >= 0.3 is 5.97 Å². The number of benzene rings is 1. The Labute approximate surface area is 118 Å². The zero-order chi connectivity index (χ0) is 13.8. The largest absolute Gasteiger partial charge is 0.466 e. The fourth-order valence-corrected chi connectivity index (χ4v) is 3.05. The second-order valence-electron chi connectivity index (χ2n) is 4.13. The SMILES string of the molecule is CCOC(=O)CCC(=O)c1csc2ccc(P)cc12. The summed E-state index contributed by atoms with van der Waals surface area (Å²) < 4.78 is 5.91. The summed E-state index contributed by atoms with van der Waals surface area (Å²) in [6.45, 7) is 2.11. The Balaban J connectivity index is 2.13. The summed E-state index contributed by atoms with van der Waals surface area (Å²) in [6, 6.07) is 5.98. The molecule has 100 valence electrons. The minimum absolute atomic E-state index is 0.00472. The molecule has 0 aliphatic carbocycles. The van der Waals surface area contributed by atoms with E-state index in [2.05, 4.69) is 9.24 Å². The number of carbonyl (C=O) groups is 2. The van der Waals surface area contributed by atoms with Gasteiger partial charge in [0.25, 0.3) is 0 Å². The van der Waals surface area contributed by atoms with Crippen molar-refractivity contribution in [2.24, 2.45) is 0 Å². The first-order valence-electron chi connectivity index (χ1n) is 6.07. The van der Waals surface area contributed by atoms with Crippen molar-refractivity contribution in [3.8, 4) is 0 Å². The van der Waals surface area contributed by atoms with E-state index < -0.39 is 0 Å². The number of hydrogen-bond acceptors (Lipinski definition) is 4. The molecule has 0 saturated carbocycles. The molecule has 1 aromatic carbocycles. The lowest BCUT2D eigenvalue weighted by Crippen LogP contribution is -2.07. The fraction of sp³-hybridized carbons (Fsp3) is 0.286. The van der Waals surface area contributed by atoms with Gasteiger partial charge in [0.15, 0.2) is 5.78 Å². The van der Waals surface area contributed by atoms with Gasteiger partial charge in [-0.25, -0.2) is 0 Å². The van der Waals surface area contributed by atoms with Crippen molar-refractivity contribution >= 4 is 47.7 Å². The fourth-order valence-electron chi connectivity index (χ4n) is 1.85. The van der Waals surface area contributed by atoms with Crippen LogP contribution in [0.15, 0.2) is 23.6 Å². The molecule has 0 fully saturated rings. The second-order valence-corrected chi connectivity index (χ2v) is 5.71. The molecular weight excluding hydrogens is 279 g/mol. The molecule has 0 aliphatic rings. The van der Waals surface area contributed by atoms with Gasteiger partial charge in [0, 0.05) is 27.5 Å². The average molecular weight is 294 g/mol. The highest BCUT2D eigenvalue weighted by molar-refractivity contribution is 7.27. The summed E-state index contributed by atoms with van der Waals surface area (Å²) in [5.41, 5.74) is 0.702. The quantitative estimate of drug-likeness (QED) is 0.484. The molecule has 0 saturated heterocycles. The number of fused-ring (bicyclic) bond motifs is 1. The topological polar surface area (TPSA) is 43.4 Å². The maximum atomic E-state index is 12.1. The first kappa shape index (κ1) is 14.2. The van der Waals surface area contributed by atoms with Crippen LogP contribution in [0.4, 0.5) is 0 Å². The molecule has 0 radical (unpaired) electrons. The number of ketones is 1. The molecule has 0 amide bonds. The van der Waals surface area contributed by atoms with Crippen LogP contribution in [-0.4, -0.2) is 18.4 Å². The van der Waals surface area contributed by atoms with Gasteiger partial charge in [-0.1, -0.05) is 6.07 Å². The standard InChI is InChI=1S/C14H15O3PS/c1-2-17-14(16)6-4-12(15)11-8-19-13-5-3-9(18)7-10(11)13/h3,5,7-8H,2,4,6,18H2,1H3. The van der Waals surface area contributed by atoms with Crippen molar-refractivity contribution in [1.82, 2.24) is 0 Å². The van der Waals surface area contributed by atoms with E-state index in [0.717, 1.165) is 15.4 Å². The van der Waals surface area contributed by atoms with E-state index in [0.29, 0.717) is 12.2 Å². The van der Waals surface area contributed by atoms with E-state index in [1.54, 1.807) is 18.3 Å². The summed E-state index contributed by atoms with van der Waals surface area (Å²) in [7, 11) is 2.63. The van der Waals surface area contributed by atoms with Gasteiger partial charge in [-0.2, -0.15) is 0 Å². The lowest BCUT2D eigenvalue weighted by Gasteiger charge is -2.01. The van der Waals surface area contributed by atoms with Crippen molar-refractivity contribution < 1.29 is 14.3 Å². The highest BCUT2D eigenvalue weighted by atomic mass is 32.1. The summed E-state index contributed by atoms with van der Waals surface area (Å²) in [5.74, 6) is -0.322. The Morgan fingerprint density at radius 2 is 2.11 bits per heavy atom. The predicted molar refractivity (Wildman–Crippen MR) is 81.4 cm³/mol. The van der Waals surface area contributed by atoms with Crippen LogP contribution in [0.2, 0.25) is 0 Å². The van der Waals surface area contributed by atoms with Crippen LogP contribution < -0.4 is 5.30 Å². The van der Waals surface area contributed by atoms with Crippen LogP contribution in [0, 0.1) is 0 Å². The third-order valence-electron chi connectivity index (χ3n) is 2.76. The van der Waals surface area contributed by atoms with Gasteiger partial charge in [-0.3, -0.25) is 9.59 Å². The number of esters is 1. The number of ether oxygens (including phenoxy) is 1. The van der Waals surface area contributed by atoms with Crippen LogP contribution in [0.5, 0.6) is 0 Å². The van der Waals surface area contributed by atoms with E-state index in [9.17, 15) is 9.59 Å². The van der Waals surface area contributed by atoms with Crippen LogP contribution >= 0.6 is 20.6 Å². The number of thiophene rings is 1. The van der Waals surface area contributed by atoms with Crippen LogP contribution in [0.3, 0.4) is 0 Å². The Morgan fingerprint density at radius 3 is 2.84 bits per heavy atom. The van der Waals surface area contributed by atoms with E-state index >= 15 is 0 Å². The Kier molecular flexibility index (Phi) is 4.67. The smallest absolute Gasteiger partial charge is 0.306 e. The number of Topliss-reactive ketones (excluding diaryl/α,β-unsaturated/α-hetero) is 1. The molecule has 1 aromatic heterocycles. The first-order valence-corrected chi connectivity index (χ1v) is 7.53. The van der Waals surface area contributed by atoms with Crippen molar-refractivity contribution in [2.45, 2.75) is 19.8 Å². The van der Waals surface area contributed by atoms with Crippen molar-refractivity contribution in [1.29, 1.82) is 0 Å². The van der Waals surface area contributed by atoms with Gasteiger partial charge in [0.1, 0.15) is 0 Å². The molecule has 3 nitrogen and oxygen atoms in total. The number of hydrogen-bond donors (Lipinski definition) is 0. The molecule has 1 atom stereocenters. The van der Waals surface area contributed by atoms with Crippen LogP contribution in [0.25, 0.3) is 10.1 Å². The van der Waals surface area contributed by atoms with E-state index in [1.807, 2.05) is 23.6 Å². The monoisotopic (exact) mass is 294 g/mol. The van der Waals surface area contributed by atoms with E-state index in [-0.39, 0.29) is 24.6 Å². The van der Waals surface area contributed by atoms with E-state index in [1.165, 1.54) is 0 Å². The van der Waals surface area contributed by atoms with Crippen molar-refractivity contribution in [3.63, 3.8) is 0 Å². The maximum absolute atomic E-state index is 12.1.